The van der Waals surface area contributed by atoms with Crippen LogP contribution in [-0.4, -0.2) is 34.0 Å². The molecule has 0 spiro atoms. The largest absolute Gasteiger partial charge is 0.321 e. The maximum absolute atomic E-state index is 12.6. The third-order valence-corrected chi connectivity index (χ3v) is 4.12. The van der Waals surface area contributed by atoms with Gasteiger partial charge in [-0.1, -0.05) is 18.2 Å². The first-order valence-corrected chi connectivity index (χ1v) is 8.27. The molecule has 1 heterocycles. The second-order valence-corrected chi connectivity index (χ2v) is 5.99. The van der Waals surface area contributed by atoms with Gasteiger partial charge in [0.25, 0.3) is 5.91 Å². The Morgan fingerprint density at radius 3 is 2.56 bits per heavy atom. The van der Waals surface area contributed by atoms with Crippen molar-refractivity contribution in [2.45, 2.75) is 6.92 Å². The number of anilines is 2. The van der Waals surface area contributed by atoms with Gasteiger partial charge in [0.15, 0.2) is 5.82 Å². The van der Waals surface area contributed by atoms with Gasteiger partial charge < -0.3 is 10.2 Å². The van der Waals surface area contributed by atoms with Crippen molar-refractivity contribution in [2.24, 2.45) is 0 Å². The Hall–Kier alpha value is -3.74. The van der Waals surface area contributed by atoms with Crippen molar-refractivity contribution in [3.63, 3.8) is 0 Å². The molecule has 7 heteroatoms. The Bertz CT molecular complexity index is 978. The summed E-state index contributed by atoms with van der Waals surface area (Å²) >= 11 is 0. The summed E-state index contributed by atoms with van der Waals surface area (Å²) in [7, 11) is 1.65. The number of benzene rings is 2. The number of nitrogens with one attached hydrogen (secondary N) is 2. The highest BCUT2D eigenvalue weighted by molar-refractivity contribution is 6.06. The number of hydrogen-bond acceptors (Lipinski definition) is 4. The monoisotopic (exact) mass is 361 g/mol. The highest BCUT2D eigenvalue weighted by Gasteiger charge is 2.13. The molecular formula is C20H19N5O2. The Labute approximate surface area is 156 Å². The quantitative estimate of drug-likeness (QED) is 0.683. The number of aryl methyl sites for hydroxylation is 1. The van der Waals surface area contributed by atoms with Crippen LogP contribution in [0.3, 0.4) is 0 Å². The Kier molecular flexibility index (Phi) is 5.12. The van der Waals surface area contributed by atoms with Gasteiger partial charge in [-0.15, -0.1) is 0 Å². The number of aromatic nitrogens is 3. The average Bonchev–Trinajstić information content (AvgIpc) is 3.22. The van der Waals surface area contributed by atoms with Gasteiger partial charge in [-0.05, 0) is 49.4 Å². The van der Waals surface area contributed by atoms with Gasteiger partial charge in [-0.2, -0.15) is 5.10 Å². The standard InChI is InChI=1S/C20H19N5O2/c1-4-18(26)25(3)15-8-6-14(7-9-15)20(27)23-17-10-5-13(2)11-16(17)19-21-12-22-24-19/h4-12H,1H2,2-3H3,(H,23,27)(H,21,22,24). The number of hydrogen-bond donors (Lipinski definition) is 2. The molecule has 2 N–H and O–H groups in total. The molecule has 27 heavy (non-hydrogen) atoms. The first-order valence-electron chi connectivity index (χ1n) is 8.27. The molecule has 0 unspecified atom stereocenters. The number of nitrogens with zero attached hydrogens (tertiary/aromatic N) is 3. The molecule has 0 fully saturated rings. The third kappa shape index (κ3) is 3.92. The summed E-state index contributed by atoms with van der Waals surface area (Å²) in [5.41, 5.74) is 3.58. The summed E-state index contributed by atoms with van der Waals surface area (Å²) in [6.07, 6.45) is 2.66. The van der Waals surface area contributed by atoms with E-state index in [2.05, 4.69) is 27.1 Å². The van der Waals surface area contributed by atoms with Crippen molar-refractivity contribution in [1.82, 2.24) is 15.2 Å². The number of amides is 2. The minimum Gasteiger partial charge on any atom is -0.321 e. The van der Waals surface area contributed by atoms with Crippen LogP contribution in [0.4, 0.5) is 11.4 Å². The lowest BCUT2D eigenvalue weighted by atomic mass is 10.1. The Morgan fingerprint density at radius 1 is 1.19 bits per heavy atom. The van der Waals surface area contributed by atoms with Crippen LogP contribution in [0.1, 0.15) is 15.9 Å². The van der Waals surface area contributed by atoms with Crippen LogP contribution in [0.2, 0.25) is 0 Å². The van der Waals surface area contributed by atoms with Gasteiger partial charge >= 0.3 is 0 Å². The van der Waals surface area contributed by atoms with Crippen molar-refractivity contribution in [1.29, 1.82) is 0 Å². The van der Waals surface area contributed by atoms with Crippen molar-refractivity contribution in [3.8, 4) is 11.4 Å². The zero-order chi connectivity index (χ0) is 19.4. The minimum absolute atomic E-state index is 0.219. The Balaban J connectivity index is 1.82. The lowest BCUT2D eigenvalue weighted by Gasteiger charge is -2.15. The molecule has 2 aromatic carbocycles. The van der Waals surface area contributed by atoms with Crippen LogP contribution in [0.25, 0.3) is 11.4 Å². The van der Waals surface area contributed by atoms with E-state index in [-0.39, 0.29) is 11.8 Å². The second kappa shape index (κ2) is 7.65. The molecule has 1 aromatic heterocycles. The van der Waals surface area contributed by atoms with Crippen LogP contribution in [0.15, 0.2) is 61.4 Å². The van der Waals surface area contributed by atoms with E-state index in [9.17, 15) is 9.59 Å². The van der Waals surface area contributed by atoms with Gasteiger partial charge in [0.05, 0.1) is 5.69 Å². The summed E-state index contributed by atoms with van der Waals surface area (Å²) in [6, 6.07) is 12.4. The zero-order valence-electron chi connectivity index (χ0n) is 15.1. The molecule has 3 aromatic rings. The van der Waals surface area contributed by atoms with Gasteiger partial charge in [0.1, 0.15) is 6.33 Å². The topological polar surface area (TPSA) is 91.0 Å². The maximum atomic E-state index is 12.6. The van der Waals surface area contributed by atoms with Gasteiger partial charge in [-0.25, -0.2) is 4.98 Å². The molecule has 0 saturated carbocycles. The summed E-state index contributed by atoms with van der Waals surface area (Å²) in [5.74, 6) is 0.0985. The van der Waals surface area contributed by atoms with Crippen LogP contribution >= 0.6 is 0 Å². The molecule has 0 aliphatic heterocycles. The number of carbonyl (C=O) groups is 2. The smallest absolute Gasteiger partial charge is 0.255 e. The average molecular weight is 361 g/mol. The third-order valence-electron chi connectivity index (χ3n) is 4.12. The van der Waals surface area contributed by atoms with Gasteiger partial charge in [0.2, 0.25) is 5.91 Å². The molecule has 2 amide bonds. The summed E-state index contributed by atoms with van der Waals surface area (Å²) < 4.78 is 0. The van der Waals surface area contributed by atoms with Crippen LogP contribution in [0, 0.1) is 6.92 Å². The summed E-state index contributed by atoms with van der Waals surface area (Å²) in [6.45, 7) is 5.43. The van der Waals surface area contributed by atoms with Crippen molar-refractivity contribution >= 4 is 23.2 Å². The van der Waals surface area contributed by atoms with E-state index in [1.165, 1.54) is 17.3 Å². The number of carbonyl (C=O) groups excluding carboxylic acids is 2. The number of aromatic amines is 1. The number of H-pyrrole nitrogens is 1. The van der Waals surface area contributed by atoms with E-state index < -0.39 is 0 Å². The molecular weight excluding hydrogens is 342 g/mol. The zero-order valence-corrected chi connectivity index (χ0v) is 15.1. The van der Waals surface area contributed by atoms with Gasteiger partial charge in [-0.3, -0.25) is 14.7 Å². The molecule has 0 saturated heterocycles. The summed E-state index contributed by atoms with van der Waals surface area (Å²) in [5, 5.41) is 9.58. The van der Waals surface area contributed by atoms with E-state index in [0.29, 0.717) is 22.8 Å². The predicted molar refractivity (Wildman–Crippen MR) is 105 cm³/mol. The fourth-order valence-electron chi connectivity index (χ4n) is 2.59. The number of rotatable bonds is 5. The highest BCUT2D eigenvalue weighted by atomic mass is 16.2. The summed E-state index contributed by atoms with van der Waals surface area (Å²) in [4.78, 5) is 29.9. The maximum Gasteiger partial charge on any atom is 0.255 e. The predicted octanol–water partition coefficient (Wildman–Crippen LogP) is 3.18. The van der Waals surface area contributed by atoms with Crippen molar-refractivity contribution < 1.29 is 9.59 Å². The SMILES string of the molecule is C=CC(=O)N(C)c1ccc(C(=O)Nc2ccc(C)cc2-c2ncn[nH]2)cc1. The second-order valence-electron chi connectivity index (χ2n) is 5.99. The molecule has 0 aliphatic rings. The Morgan fingerprint density at radius 2 is 1.93 bits per heavy atom. The lowest BCUT2D eigenvalue weighted by molar-refractivity contribution is -0.113. The van der Waals surface area contributed by atoms with E-state index in [1.54, 1.807) is 31.3 Å². The first-order chi connectivity index (χ1) is 13.0. The van der Waals surface area contributed by atoms with E-state index in [0.717, 1.165) is 11.1 Å². The molecule has 7 nitrogen and oxygen atoms in total. The molecule has 136 valence electrons. The highest BCUT2D eigenvalue weighted by Crippen LogP contribution is 2.26. The van der Waals surface area contributed by atoms with Crippen LogP contribution < -0.4 is 10.2 Å². The van der Waals surface area contributed by atoms with E-state index >= 15 is 0 Å². The minimum atomic E-state index is -0.260. The van der Waals surface area contributed by atoms with Crippen LogP contribution in [0.5, 0.6) is 0 Å². The first kappa shape index (κ1) is 18.1. The van der Waals surface area contributed by atoms with E-state index in [1.807, 2.05) is 25.1 Å². The molecule has 0 atom stereocenters. The van der Waals surface area contributed by atoms with Crippen LogP contribution in [-0.2, 0) is 4.79 Å². The lowest BCUT2D eigenvalue weighted by Crippen LogP contribution is -2.23. The fourth-order valence-corrected chi connectivity index (χ4v) is 2.59. The normalized spacial score (nSPS) is 10.3. The number of likely N-dealkylation sites (N-methyl/N-ethyl adjacent to an activating group) is 1. The van der Waals surface area contributed by atoms with E-state index in [4.69, 9.17) is 0 Å². The molecule has 0 bridgehead atoms. The van der Waals surface area contributed by atoms with Crippen molar-refractivity contribution in [2.75, 3.05) is 17.3 Å². The molecule has 3 rings (SSSR count). The molecule has 0 aliphatic carbocycles. The molecule has 0 radical (unpaired) electrons. The van der Waals surface area contributed by atoms with Gasteiger partial charge in [0, 0.05) is 23.9 Å². The fraction of sp³-hybridized carbons (Fsp3) is 0.100. The van der Waals surface area contributed by atoms with Crippen molar-refractivity contribution in [3.05, 3.63) is 72.6 Å².